The number of hydrogen-bond acceptors (Lipinski definition) is 5. The van der Waals surface area contributed by atoms with Crippen LogP contribution in [-0.2, 0) is 17.7 Å². The van der Waals surface area contributed by atoms with Gasteiger partial charge in [-0.2, -0.15) is 0 Å². The molecule has 1 aromatic rings. The summed E-state index contributed by atoms with van der Waals surface area (Å²) in [6.07, 6.45) is 3.25. The van der Waals surface area contributed by atoms with Gasteiger partial charge in [-0.3, -0.25) is 0 Å². The highest BCUT2D eigenvalue weighted by atomic mass is 16.5. The molecule has 1 fully saturated rings. The van der Waals surface area contributed by atoms with Crippen molar-refractivity contribution >= 4 is 0 Å². The molecule has 0 bridgehead atoms. The van der Waals surface area contributed by atoms with E-state index in [1.165, 1.54) is 0 Å². The van der Waals surface area contributed by atoms with E-state index in [9.17, 15) is 0 Å². The molecule has 5 nitrogen and oxygen atoms in total. The molecule has 2 heterocycles. The quantitative estimate of drug-likeness (QED) is 0.818. The zero-order chi connectivity index (χ0) is 11.4. The largest absolute Gasteiger partial charge is 0.424 e. The Kier molecular flexibility index (Phi) is 3.90. The van der Waals surface area contributed by atoms with Crippen LogP contribution in [0.3, 0.4) is 0 Å². The van der Waals surface area contributed by atoms with Crippen molar-refractivity contribution in [1.82, 2.24) is 15.5 Å². The van der Waals surface area contributed by atoms with E-state index in [2.05, 4.69) is 29.4 Å². The second-order valence-corrected chi connectivity index (χ2v) is 4.46. The van der Waals surface area contributed by atoms with Crippen molar-refractivity contribution in [3.05, 3.63) is 11.8 Å². The maximum Gasteiger partial charge on any atom is 0.230 e. The van der Waals surface area contributed by atoms with Crippen molar-refractivity contribution in [3.63, 3.8) is 0 Å². The fourth-order valence-corrected chi connectivity index (χ4v) is 1.73. The van der Waals surface area contributed by atoms with Gasteiger partial charge in [0.1, 0.15) is 0 Å². The summed E-state index contributed by atoms with van der Waals surface area (Å²) in [6, 6.07) is 0.425. The SMILES string of the molecule is CC(C)NCc1nnc(CC2CCCO2)o1. The first-order valence-electron chi connectivity index (χ1n) is 5.90. The second kappa shape index (κ2) is 5.41. The van der Waals surface area contributed by atoms with Crippen molar-refractivity contribution in [3.8, 4) is 0 Å². The molecule has 1 aliphatic rings. The molecule has 0 spiro atoms. The summed E-state index contributed by atoms with van der Waals surface area (Å²) in [7, 11) is 0. The highest BCUT2D eigenvalue weighted by Gasteiger charge is 2.19. The third-order valence-corrected chi connectivity index (χ3v) is 2.60. The van der Waals surface area contributed by atoms with Gasteiger partial charge >= 0.3 is 0 Å². The maximum absolute atomic E-state index is 5.53. The minimum atomic E-state index is 0.270. The van der Waals surface area contributed by atoms with Crippen LogP contribution in [0.2, 0.25) is 0 Å². The van der Waals surface area contributed by atoms with Crippen molar-refractivity contribution < 1.29 is 9.15 Å². The highest BCUT2D eigenvalue weighted by molar-refractivity contribution is 4.85. The number of hydrogen-bond donors (Lipinski definition) is 1. The predicted octanol–water partition coefficient (Wildman–Crippen LogP) is 1.29. The van der Waals surface area contributed by atoms with Crippen LogP contribution < -0.4 is 5.32 Å². The Morgan fingerprint density at radius 2 is 2.19 bits per heavy atom. The van der Waals surface area contributed by atoms with E-state index in [1.807, 2.05) is 0 Å². The average Bonchev–Trinajstić information content (AvgIpc) is 2.87. The minimum absolute atomic E-state index is 0.270. The van der Waals surface area contributed by atoms with Gasteiger partial charge in [-0.25, -0.2) is 0 Å². The fraction of sp³-hybridized carbons (Fsp3) is 0.818. The third-order valence-electron chi connectivity index (χ3n) is 2.60. The zero-order valence-corrected chi connectivity index (χ0v) is 9.90. The Morgan fingerprint density at radius 3 is 2.88 bits per heavy atom. The molecule has 1 unspecified atom stereocenters. The number of nitrogens with one attached hydrogen (secondary N) is 1. The highest BCUT2D eigenvalue weighted by Crippen LogP contribution is 2.16. The Bertz CT molecular complexity index is 319. The lowest BCUT2D eigenvalue weighted by Gasteiger charge is -2.05. The molecule has 2 rings (SSSR count). The lowest BCUT2D eigenvalue weighted by molar-refractivity contribution is 0.105. The summed E-state index contributed by atoms with van der Waals surface area (Å²) in [5, 5.41) is 11.3. The van der Waals surface area contributed by atoms with Gasteiger partial charge in [0.2, 0.25) is 11.8 Å². The summed E-state index contributed by atoms with van der Waals surface area (Å²) in [5.74, 6) is 1.34. The minimum Gasteiger partial charge on any atom is -0.424 e. The van der Waals surface area contributed by atoms with Crippen LogP contribution in [0.15, 0.2) is 4.42 Å². The summed E-state index contributed by atoms with van der Waals surface area (Å²) in [6.45, 7) is 5.67. The lowest BCUT2D eigenvalue weighted by Crippen LogP contribution is -2.21. The molecule has 1 N–H and O–H groups in total. The van der Waals surface area contributed by atoms with Gasteiger partial charge < -0.3 is 14.5 Å². The van der Waals surface area contributed by atoms with Gasteiger partial charge in [0.25, 0.3) is 0 Å². The number of rotatable bonds is 5. The van der Waals surface area contributed by atoms with Crippen molar-refractivity contribution in [1.29, 1.82) is 0 Å². The normalized spacial score (nSPS) is 20.8. The van der Waals surface area contributed by atoms with Crippen LogP contribution in [0.25, 0.3) is 0 Å². The Labute approximate surface area is 95.6 Å². The molecule has 1 atom stereocenters. The monoisotopic (exact) mass is 225 g/mol. The Balaban J connectivity index is 1.81. The van der Waals surface area contributed by atoms with Gasteiger partial charge in [-0.1, -0.05) is 13.8 Å². The first-order valence-corrected chi connectivity index (χ1v) is 5.90. The maximum atomic E-state index is 5.53. The average molecular weight is 225 g/mol. The smallest absolute Gasteiger partial charge is 0.230 e. The van der Waals surface area contributed by atoms with E-state index in [0.717, 1.165) is 25.9 Å². The summed E-state index contributed by atoms with van der Waals surface area (Å²) in [4.78, 5) is 0. The molecular weight excluding hydrogens is 206 g/mol. The van der Waals surface area contributed by atoms with Gasteiger partial charge in [-0.15, -0.1) is 10.2 Å². The van der Waals surface area contributed by atoms with Crippen LogP contribution in [0.4, 0.5) is 0 Å². The van der Waals surface area contributed by atoms with E-state index in [-0.39, 0.29) is 6.10 Å². The zero-order valence-electron chi connectivity index (χ0n) is 9.90. The van der Waals surface area contributed by atoms with Crippen LogP contribution in [0.1, 0.15) is 38.5 Å². The number of aromatic nitrogens is 2. The number of ether oxygens (including phenoxy) is 1. The third kappa shape index (κ3) is 3.28. The first-order chi connectivity index (χ1) is 7.74. The standard InChI is InChI=1S/C11H19N3O2/c1-8(2)12-7-11-14-13-10(16-11)6-9-4-3-5-15-9/h8-9,12H,3-7H2,1-2H3. The lowest BCUT2D eigenvalue weighted by atomic mass is 10.2. The molecule has 0 aliphatic carbocycles. The van der Waals surface area contributed by atoms with Crippen LogP contribution in [-0.4, -0.2) is 29.0 Å². The van der Waals surface area contributed by atoms with Crippen LogP contribution in [0, 0.1) is 0 Å². The van der Waals surface area contributed by atoms with E-state index < -0.39 is 0 Å². The summed E-state index contributed by atoms with van der Waals surface area (Å²) >= 11 is 0. The molecule has 1 aliphatic heterocycles. The molecule has 1 aromatic heterocycles. The molecule has 0 amide bonds. The van der Waals surface area contributed by atoms with Crippen molar-refractivity contribution in [2.45, 2.75) is 51.8 Å². The second-order valence-electron chi connectivity index (χ2n) is 4.46. The van der Waals surface area contributed by atoms with E-state index in [4.69, 9.17) is 9.15 Å². The molecule has 0 saturated carbocycles. The van der Waals surface area contributed by atoms with Crippen molar-refractivity contribution in [2.24, 2.45) is 0 Å². The van der Waals surface area contributed by atoms with Gasteiger partial charge in [0.15, 0.2) is 0 Å². The number of nitrogens with zero attached hydrogens (tertiary/aromatic N) is 2. The summed E-state index contributed by atoms with van der Waals surface area (Å²) in [5.41, 5.74) is 0. The van der Waals surface area contributed by atoms with Gasteiger partial charge in [-0.05, 0) is 12.8 Å². The molecule has 5 heteroatoms. The van der Waals surface area contributed by atoms with Gasteiger partial charge in [0, 0.05) is 12.6 Å². The van der Waals surface area contributed by atoms with Crippen LogP contribution >= 0.6 is 0 Å². The molecule has 0 aromatic carbocycles. The summed E-state index contributed by atoms with van der Waals surface area (Å²) < 4.78 is 11.1. The Morgan fingerprint density at radius 1 is 1.38 bits per heavy atom. The van der Waals surface area contributed by atoms with E-state index in [1.54, 1.807) is 0 Å². The predicted molar refractivity (Wildman–Crippen MR) is 59.0 cm³/mol. The molecule has 1 saturated heterocycles. The van der Waals surface area contributed by atoms with E-state index >= 15 is 0 Å². The van der Waals surface area contributed by atoms with Crippen molar-refractivity contribution in [2.75, 3.05) is 6.61 Å². The first kappa shape index (κ1) is 11.5. The molecule has 0 radical (unpaired) electrons. The van der Waals surface area contributed by atoms with Crippen LogP contribution in [0.5, 0.6) is 0 Å². The fourth-order valence-electron chi connectivity index (χ4n) is 1.73. The molecule has 16 heavy (non-hydrogen) atoms. The topological polar surface area (TPSA) is 60.2 Å². The van der Waals surface area contributed by atoms with Gasteiger partial charge in [0.05, 0.1) is 19.1 Å². The van der Waals surface area contributed by atoms with E-state index in [0.29, 0.717) is 24.4 Å². The molecule has 90 valence electrons. The molecular formula is C11H19N3O2. The Hall–Kier alpha value is -0.940.